The molecule has 6 heteroatoms. The molecule has 2 amide bonds. The number of hydrogen-bond donors (Lipinski definition) is 1. The first-order valence-electron chi connectivity index (χ1n) is 5.95. The van der Waals surface area contributed by atoms with Crippen LogP contribution in [0.15, 0.2) is 18.7 Å². The molecule has 1 aliphatic rings. The van der Waals surface area contributed by atoms with E-state index in [2.05, 4.69) is 15.3 Å². The van der Waals surface area contributed by atoms with E-state index in [4.69, 9.17) is 0 Å². The molecule has 1 aromatic rings. The van der Waals surface area contributed by atoms with Gasteiger partial charge in [0.1, 0.15) is 12.4 Å². The molecule has 18 heavy (non-hydrogen) atoms. The van der Waals surface area contributed by atoms with Gasteiger partial charge in [0.05, 0.1) is 18.1 Å². The molecular formula is C12H16N4O2. The molecule has 1 aliphatic heterocycles. The number of carbonyl (C=O) groups excluding carboxylic acids is 2. The van der Waals surface area contributed by atoms with Crippen LogP contribution in [0.1, 0.15) is 20.3 Å². The minimum Gasteiger partial charge on any atom is -0.344 e. The van der Waals surface area contributed by atoms with Gasteiger partial charge in [0, 0.05) is 13.0 Å². The van der Waals surface area contributed by atoms with Crippen molar-refractivity contribution in [2.75, 3.05) is 11.4 Å². The monoisotopic (exact) mass is 248 g/mol. The predicted octanol–water partition coefficient (Wildman–Crippen LogP) is 0.354. The van der Waals surface area contributed by atoms with Gasteiger partial charge in [-0.2, -0.15) is 0 Å². The summed E-state index contributed by atoms with van der Waals surface area (Å²) < 4.78 is 0. The van der Waals surface area contributed by atoms with Gasteiger partial charge in [-0.1, -0.05) is 13.8 Å². The third-order valence-corrected chi connectivity index (χ3v) is 2.94. The van der Waals surface area contributed by atoms with E-state index >= 15 is 0 Å². The van der Waals surface area contributed by atoms with Crippen LogP contribution >= 0.6 is 0 Å². The normalized spacial score (nSPS) is 20.8. The van der Waals surface area contributed by atoms with Crippen molar-refractivity contribution < 1.29 is 9.59 Å². The summed E-state index contributed by atoms with van der Waals surface area (Å²) in [6.45, 7) is 4.18. The van der Waals surface area contributed by atoms with Crippen molar-refractivity contribution in [1.82, 2.24) is 15.3 Å². The average Bonchev–Trinajstić information content (AvgIpc) is 2.50. The van der Waals surface area contributed by atoms with Gasteiger partial charge in [-0.3, -0.25) is 9.59 Å². The van der Waals surface area contributed by atoms with Gasteiger partial charge >= 0.3 is 0 Å². The summed E-state index contributed by atoms with van der Waals surface area (Å²) in [4.78, 5) is 33.4. The fourth-order valence-electron chi connectivity index (χ4n) is 1.94. The Labute approximate surface area is 105 Å². The molecule has 0 aromatic carbocycles. The Kier molecular flexibility index (Phi) is 3.55. The Balaban J connectivity index is 2.30. The summed E-state index contributed by atoms with van der Waals surface area (Å²) in [5, 5.41) is 2.76. The molecule has 1 aromatic heterocycles. The van der Waals surface area contributed by atoms with Gasteiger partial charge in [0.25, 0.3) is 0 Å². The summed E-state index contributed by atoms with van der Waals surface area (Å²) in [5.41, 5.74) is 0.629. The van der Waals surface area contributed by atoms with Crippen molar-refractivity contribution >= 4 is 17.5 Å². The van der Waals surface area contributed by atoms with E-state index in [0.29, 0.717) is 18.7 Å². The number of anilines is 1. The predicted molar refractivity (Wildman–Crippen MR) is 65.8 cm³/mol. The SMILES string of the molecule is CC(C)C1NC(=O)CCN(c2cncnc2)C1=O. The zero-order chi connectivity index (χ0) is 13.1. The standard InChI is InChI=1S/C12H16N4O2/c1-8(2)11-12(18)16(4-3-10(17)15-11)9-5-13-7-14-6-9/h5-8,11H,3-4H2,1-2H3,(H,15,17). The Morgan fingerprint density at radius 1 is 1.33 bits per heavy atom. The number of aromatic nitrogens is 2. The lowest BCUT2D eigenvalue weighted by Gasteiger charge is -2.25. The Hall–Kier alpha value is -1.98. The number of carbonyl (C=O) groups is 2. The molecule has 1 atom stereocenters. The molecule has 0 radical (unpaired) electrons. The number of rotatable bonds is 2. The molecule has 1 fully saturated rings. The first-order valence-corrected chi connectivity index (χ1v) is 5.95. The molecule has 2 heterocycles. The molecule has 0 bridgehead atoms. The fraction of sp³-hybridized carbons (Fsp3) is 0.500. The van der Waals surface area contributed by atoms with Gasteiger partial charge in [-0.05, 0) is 5.92 Å². The van der Waals surface area contributed by atoms with Crippen LogP contribution in [0.5, 0.6) is 0 Å². The van der Waals surface area contributed by atoms with E-state index < -0.39 is 6.04 Å². The minimum absolute atomic E-state index is 0.0479. The quantitative estimate of drug-likeness (QED) is 0.819. The maximum Gasteiger partial charge on any atom is 0.249 e. The molecular weight excluding hydrogens is 232 g/mol. The van der Waals surface area contributed by atoms with E-state index in [-0.39, 0.29) is 17.7 Å². The van der Waals surface area contributed by atoms with E-state index in [1.54, 1.807) is 17.3 Å². The molecule has 1 N–H and O–H groups in total. The summed E-state index contributed by atoms with van der Waals surface area (Å²) in [7, 11) is 0. The smallest absolute Gasteiger partial charge is 0.249 e. The first kappa shape index (κ1) is 12.5. The van der Waals surface area contributed by atoms with Gasteiger partial charge < -0.3 is 10.2 Å². The van der Waals surface area contributed by atoms with Crippen molar-refractivity contribution in [3.8, 4) is 0 Å². The van der Waals surface area contributed by atoms with E-state index in [1.807, 2.05) is 13.8 Å². The lowest BCUT2D eigenvalue weighted by atomic mass is 10.0. The van der Waals surface area contributed by atoms with Crippen LogP contribution in [0.2, 0.25) is 0 Å². The highest BCUT2D eigenvalue weighted by Crippen LogP contribution is 2.17. The molecule has 1 unspecified atom stereocenters. The Bertz CT molecular complexity index is 447. The third-order valence-electron chi connectivity index (χ3n) is 2.94. The molecule has 0 aliphatic carbocycles. The average molecular weight is 248 g/mol. The van der Waals surface area contributed by atoms with Crippen molar-refractivity contribution in [2.24, 2.45) is 5.92 Å². The fourth-order valence-corrected chi connectivity index (χ4v) is 1.94. The second-order valence-corrected chi connectivity index (χ2v) is 4.63. The summed E-state index contributed by atoms with van der Waals surface area (Å²) in [6, 6.07) is -0.486. The zero-order valence-electron chi connectivity index (χ0n) is 10.5. The first-order chi connectivity index (χ1) is 8.59. The van der Waals surface area contributed by atoms with Crippen LogP contribution in [0.4, 0.5) is 5.69 Å². The highest BCUT2D eigenvalue weighted by molar-refractivity contribution is 6.01. The molecule has 0 spiro atoms. The van der Waals surface area contributed by atoms with Crippen LogP contribution in [-0.4, -0.2) is 34.4 Å². The highest BCUT2D eigenvalue weighted by Gasteiger charge is 2.32. The Morgan fingerprint density at radius 3 is 2.61 bits per heavy atom. The number of nitrogens with one attached hydrogen (secondary N) is 1. The lowest BCUT2D eigenvalue weighted by molar-refractivity contribution is -0.126. The van der Waals surface area contributed by atoms with Crippen molar-refractivity contribution in [1.29, 1.82) is 0 Å². The third kappa shape index (κ3) is 2.47. The maximum absolute atomic E-state index is 12.4. The molecule has 2 rings (SSSR count). The van der Waals surface area contributed by atoms with Gasteiger partial charge in [-0.25, -0.2) is 9.97 Å². The van der Waals surface area contributed by atoms with E-state index in [0.717, 1.165) is 0 Å². The van der Waals surface area contributed by atoms with Crippen molar-refractivity contribution in [3.63, 3.8) is 0 Å². The van der Waals surface area contributed by atoms with Crippen LogP contribution in [0.3, 0.4) is 0 Å². The van der Waals surface area contributed by atoms with Crippen molar-refractivity contribution in [2.45, 2.75) is 26.3 Å². The van der Waals surface area contributed by atoms with E-state index in [1.165, 1.54) is 6.33 Å². The van der Waals surface area contributed by atoms with Crippen molar-refractivity contribution in [3.05, 3.63) is 18.7 Å². The Morgan fingerprint density at radius 2 is 2.00 bits per heavy atom. The second kappa shape index (κ2) is 5.12. The zero-order valence-corrected chi connectivity index (χ0v) is 10.5. The minimum atomic E-state index is -0.486. The van der Waals surface area contributed by atoms with Crippen LogP contribution in [0, 0.1) is 5.92 Å². The summed E-state index contributed by atoms with van der Waals surface area (Å²) >= 11 is 0. The number of nitrogens with zero attached hydrogens (tertiary/aromatic N) is 3. The van der Waals surface area contributed by atoms with Crippen LogP contribution in [-0.2, 0) is 9.59 Å². The summed E-state index contributed by atoms with van der Waals surface area (Å²) in [6.07, 6.45) is 4.87. The highest BCUT2D eigenvalue weighted by atomic mass is 16.2. The van der Waals surface area contributed by atoms with Gasteiger partial charge in [0.15, 0.2) is 0 Å². The van der Waals surface area contributed by atoms with Crippen LogP contribution < -0.4 is 10.2 Å². The molecule has 96 valence electrons. The van der Waals surface area contributed by atoms with Gasteiger partial charge in [0.2, 0.25) is 11.8 Å². The largest absolute Gasteiger partial charge is 0.344 e. The van der Waals surface area contributed by atoms with Gasteiger partial charge in [-0.15, -0.1) is 0 Å². The molecule has 1 saturated heterocycles. The molecule has 6 nitrogen and oxygen atoms in total. The number of amides is 2. The molecule has 0 saturated carbocycles. The number of hydrogen-bond acceptors (Lipinski definition) is 4. The maximum atomic E-state index is 12.4. The van der Waals surface area contributed by atoms with Crippen LogP contribution in [0.25, 0.3) is 0 Å². The summed E-state index contributed by atoms with van der Waals surface area (Å²) in [5.74, 6) is -0.154. The second-order valence-electron chi connectivity index (χ2n) is 4.63. The lowest BCUT2D eigenvalue weighted by Crippen LogP contribution is -2.47. The van der Waals surface area contributed by atoms with E-state index in [9.17, 15) is 9.59 Å². The topological polar surface area (TPSA) is 75.2 Å².